The zero-order valence-corrected chi connectivity index (χ0v) is 31.3. The number of hydrogen-bond donors (Lipinski definition) is 0. The number of rotatable bonds is 6. The number of likely N-dealkylation sites (tertiary alicyclic amines) is 2. The predicted octanol–water partition coefficient (Wildman–Crippen LogP) is 4.24. The molecule has 0 aromatic rings. The Balaban J connectivity index is 0.00000400. The molecule has 0 spiro atoms. The Bertz CT molecular complexity index is 1050. The van der Waals surface area contributed by atoms with Crippen LogP contribution < -0.4 is 17.0 Å². The van der Waals surface area contributed by atoms with Crippen LogP contribution in [0.25, 0.3) is 0 Å². The van der Waals surface area contributed by atoms with Gasteiger partial charge in [-0.1, -0.05) is 48.0 Å². The second-order valence-electron chi connectivity index (χ2n) is 17.7. The lowest BCUT2D eigenvalue weighted by atomic mass is 9.44. The van der Waals surface area contributed by atoms with Gasteiger partial charge in [-0.3, -0.25) is 14.5 Å². The average molecular weight is 694 g/mol. The van der Waals surface area contributed by atoms with E-state index in [1.807, 2.05) is 27.7 Å². The molecule has 0 amide bonds. The SMILES string of the molecule is CC(C)C(=O)O[C@H]1C[C@@H]2CCC3C4C[C@H]([N+]5(C)CCCCC5)[C@H](OC(=O)C(C)C)[C@@]4(C)CCC3[C@@]2(C)C[C@@H]1N1CCCCC1.[Br-]. The topological polar surface area (TPSA) is 55.8 Å². The number of quaternary nitrogens is 1. The fourth-order valence-electron chi connectivity index (χ4n) is 11.9. The number of carbonyl (C=O) groups excluding carboxylic acids is 2. The van der Waals surface area contributed by atoms with Crippen LogP contribution in [-0.2, 0) is 19.1 Å². The van der Waals surface area contributed by atoms with E-state index in [1.165, 1.54) is 90.1 Å². The molecule has 6 aliphatic rings. The Morgan fingerprint density at radius 2 is 1.40 bits per heavy atom. The summed E-state index contributed by atoms with van der Waals surface area (Å²) in [5.74, 6) is 2.48. The molecule has 0 radical (unpaired) electrons. The molecule has 2 saturated heterocycles. The van der Waals surface area contributed by atoms with E-state index in [1.54, 1.807) is 0 Å². The zero-order chi connectivity index (χ0) is 31.4. The van der Waals surface area contributed by atoms with Crippen molar-refractivity contribution in [3.8, 4) is 0 Å². The van der Waals surface area contributed by atoms with E-state index in [0.717, 1.165) is 24.0 Å². The Hall–Kier alpha value is -0.660. The average Bonchev–Trinajstić information content (AvgIpc) is 3.30. The number of carbonyl (C=O) groups is 2. The second-order valence-corrected chi connectivity index (χ2v) is 17.7. The first kappa shape index (κ1) is 35.6. The molecule has 0 aromatic carbocycles. The largest absolute Gasteiger partial charge is 1.00 e. The van der Waals surface area contributed by atoms with E-state index < -0.39 is 0 Å². The van der Waals surface area contributed by atoms with Gasteiger partial charge in [0.15, 0.2) is 6.10 Å². The molecule has 45 heavy (non-hydrogen) atoms. The Morgan fingerprint density at radius 3 is 2.04 bits per heavy atom. The molecule has 3 unspecified atom stereocenters. The summed E-state index contributed by atoms with van der Waals surface area (Å²) in [5.41, 5.74) is 0.341. The van der Waals surface area contributed by atoms with Crippen molar-refractivity contribution in [3.63, 3.8) is 0 Å². The fourth-order valence-corrected chi connectivity index (χ4v) is 11.9. The van der Waals surface area contributed by atoms with E-state index in [-0.39, 0.29) is 63.8 Å². The van der Waals surface area contributed by atoms with Crippen LogP contribution in [0.4, 0.5) is 0 Å². The number of esters is 2. The number of halogens is 1. The van der Waals surface area contributed by atoms with Gasteiger partial charge in [0.05, 0.1) is 32.0 Å². The summed E-state index contributed by atoms with van der Waals surface area (Å²) < 4.78 is 14.1. The van der Waals surface area contributed by atoms with Crippen LogP contribution in [0, 0.1) is 46.3 Å². The lowest BCUT2D eigenvalue weighted by molar-refractivity contribution is -0.940. The maximum Gasteiger partial charge on any atom is 0.308 e. The highest BCUT2D eigenvalue weighted by Gasteiger charge is 2.67. The minimum Gasteiger partial charge on any atom is -1.00 e. The minimum atomic E-state index is -0.0812. The minimum absolute atomic E-state index is 0. The number of piperidine rings is 2. The molecule has 6 nitrogen and oxygen atoms in total. The van der Waals surface area contributed by atoms with E-state index >= 15 is 0 Å². The van der Waals surface area contributed by atoms with Crippen molar-refractivity contribution in [2.75, 3.05) is 33.2 Å². The van der Waals surface area contributed by atoms with Gasteiger partial charge >= 0.3 is 11.9 Å². The summed E-state index contributed by atoms with van der Waals surface area (Å²) in [6.07, 6.45) is 16.2. The number of ether oxygens (including phenoxy) is 2. The molecule has 0 bridgehead atoms. The highest BCUT2D eigenvalue weighted by atomic mass is 79.9. The van der Waals surface area contributed by atoms with Gasteiger partial charge in [-0.15, -0.1) is 0 Å². The van der Waals surface area contributed by atoms with Crippen LogP contribution in [0.1, 0.15) is 125 Å². The van der Waals surface area contributed by atoms with Crippen molar-refractivity contribution in [3.05, 3.63) is 0 Å². The molecule has 10 atom stereocenters. The first-order valence-electron chi connectivity index (χ1n) is 18.9. The molecule has 6 rings (SSSR count). The van der Waals surface area contributed by atoms with Gasteiger partial charge in [0.1, 0.15) is 12.1 Å². The standard InChI is InChI=1S/C38H65N2O4.BrH/c1-25(2)35(41)43-33-22-27-14-15-28-29(38(27,6)24-31(33)39-18-10-8-11-19-39)16-17-37(5)30(28)23-32(34(37)44-36(42)26(3)4)40(7)20-12-9-13-21-40;/h25-34H,8-24H2,1-7H3;1H/q+1;/p-1/t27-,28?,29?,30?,31-,32-,33-,34-,37-,38-;/m0./s1. The number of hydrogen-bond acceptors (Lipinski definition) is 5. The molecule has 0 N–H and O–H groups in total. The normalized spacial score (nSPS) is 43.0. The van der Waals surface area contributed by atoms with Gasteiger partial charge in [-0.25, -0.2) is 0 Å². The van der Waals surface area contributed by atoms with Gasteiger partial charge < -0.3 is 30.9 Å². The molecule has 4 saturated carbocycles. The van der Waals surface area contributed by atoms with Gasteiger partial charge in [0.2, 0.25) is 0 Å². The summed E-state index contributed by atoms with van der Waals surface area (Å²) >= 11 is 0. The first-order valence-corrected chi connectivity index (χ1v) is 18.9. The smallest absolute Gasteiger partial charge is 0.308 e. The second kappa shape index (κ2) is 13.7. The third-order valence-corrected chi connectivity index (χ3v) is 14.5. The maximum absolute atomic E-state index is 13.2. The van der Waals surface area contributed by atoms with Crippen molar-refractivity contribution >= 4 is 11.9 Å². The molecular formula is C38H65BrN2O4. The van der Waals surface area contributed by atoms with Crippen LogP contribution in [0.3, 0.4) is 0 Å². The van der Waals surface area contributed by atoms with Crippen molar-refractivity contribution in [1.29, 1.82) is 0 Å². The van der Waals surface area contributed by atoms with Crippen molar-refractivity contribution in [2.45, 2.75) is 149 Å². The molecule has 258 valence electrons. The Labute approximate surface area is 285 Å². The fraction of sp³-hybridized carbons (Fsp3) is 0.947. The molecule has 6 fully saturated rings. The lowest BCUT2D eigenvalue weighted by Crippen LogP contribution is -3.00. The van der Waals surface area contributed by atoms with Crippen LogP contribution in [0.15, 0.2) is 0 Å². The quantitative estimate of drug-likeness (QED) is 0.308. The van der Waals surface area contributed by atoms with E-state index in [0.29, 0.717) is 35.8 Å². The molecule has 4 aliphatic carbocycles. The predicted molar refractivity (Wildman–Crippen MR) is 175 cm³/mol. The Kier molecular flexibility index (Phi) is 10.8. The molecule has 7 heteroatoms. The molecular weight excluding hydrogens is 628 g/mol. The summed E-state index contributed by atoms with van der Waals surface area (Å²) in [6.45, 7) is 17.9. The van der Waals surface area contributed by atoms with Crippen LogP contribution >= 0.6 is 0 Å². The van der Waals surface area contributed by atoms with Gasteiger partial charge in [0, 0.05) is 17.9 Å². The first-order chi connectivity index (χ1) is 20.9. The van der Waals surface area contributed by atoms with Gasteiger partial charge in [-0.2, -0.15) is 0 Å². The number of fused-ring (bicyclic) bond motifs is 5. The number of nitrogens with zero attached hydrogens (tertiary/aromatic N) is 2. The number of likely N-dealkylation sites (N-methyl/N-ethyl adjacent to an activating group) is 1. The molecule has 0 aromatic heterocycles. The molecule has 2 aliphatic heterocycles. The highest BCUT2D eigenvalue weighted by Crippen LogP contribution is 2.67. The van der Waals surface area contributed by atoms with E-state index in [4.69, 9.17) is 9.47 Å². The van der Waals surface area contributed by atoms with E-state index in [2.05, 4.69) is 25.8 Å². The monoisotopic (exact) mass is 692 g/mol. The maximum atomic E-state index is 13.2. The van der Waals surface area contributed by atoms with Crippen molar-refractivity contribution in [1.82, 2.24) is 4.90 Å². The zero-order valence-electron chi connectivity index (χ0n) is 29.7. The third kappa shape index (κ3) is 6.43. The van der Waals surface area contributed by atoms with Crippen molar-refractivity contribution in [2.24, 2.45) is 46.3 Å². The van der Waals surface area contributed by atoms with Gasteiger partial charge in [-0.05, 0) is 113 Å². The van der Waals surface area contributed by atoms with Crippen LogP contribution in [-0.4, -0.2) is 78.8 Å². The van der Waals surface area contributed by atoms with Crippen LogP contribution in [0.5, 0.6) is 0 Å². The van der Waals surface area contributed by atoms with Crippen LogP contribution in [0.2, 0.25) is 0 Å². The summed E-state index contributed by atoms with van der Waals surface area (Å²) in [7, 11) is 2.49. The van der Waals surface area contributed by atoms with E-state index in [9.17, 15) is 9.59 Å². The summed E-state index contributed by atoms with van der Waals surface area (Å²) in [6, 6.07) is 0.768. The highest BCUT2D eigenvalue weighted by molar-refractivity contribution is 5.72. The Morgan fingerprint density at radius 1 is 0.778 bits per heavy atom. The molecule has 2 heterocycles. The van der Waals surface area contributed by atoms with Gasteiger partial charge in [0.25, 0.3) is 0 Å². The lowest BCUT2D eigenvalue weighted by Gasteiger charge is -2.62. The third-order valence-electron chi connectivity index (χ3n) is 14.5. The summed E-state index contributed by atoms with van der Waals surface area (Å²) in [4.78, 5) is 28.9. The summed E-state index contributed by atoms with van der Waals surface area (Å²) in [5, 5.41) is 0. The van der Waals surface area contributed by atoms with Crippen molar-refractivity contribution < 1.29 is 40.5 Å².